The van der Waals surface area contributed by atoms with Gasteiger partial charge in [0.1, 0.15) is 13.2 Å². The van der Waals surface area contributed by atoms with E-state index in [9.17, 15) is 9.46 Å². The third-order valence-corrected chi connectivity index (χ3v) is 6.94. The van der Waals surface area contributed by atoms with Crippen molar-refractivity contribution in [3.8, 4) is 0 Å². The molecule has 0 bridgehead atoms. The van der Waals surface area contributed by atoms with Crippen LogP contribution in [0, 0.1) is 0 Å². The Morgan fingerprint density at radius 1 is 0.636 bits per heavy atom. The van der Waals surface area contributed by atoms with Gasteiger partial charge in [0.2, 0.25) is 0 Å². The molecule has 0 aromatic heterocycles. The van der Waals surface area contributed by atoms with E-state index in [-0.39, 0.29) is 6.61 Å². The number of allylic oxidation sites excluding steroid dienone is 2. The van der Waals surface area contributed by atoms with Gasteiger partial charge in [-0.25, -0.2) is 4.57 Å². The molecule has 0 aliphatic carbocycles. The second-order valence-electron chi connectivity index (χ2n) is 10.5. The van der Waals surface area contributed by atoms with E-state index >= 15 is 0 Å². The fraction of sp³-hybridized carbons (Fsp3) is 0.926. The van der Waals surface area contributed by atoms with Crippen molar-refractivity contribution in [2.75, 3.05) is 40.9 Å². The summed E-state index contributed by atoms with van der Waals surface area (Å²) in [5.41, 5.74) is 0. The van der Waals surface area contributed by atoms with Crippen LogP contribution in [0.2, 0.25) is 0 Å². The highest BCUT2D eigenvalue weighted by Crippen LogP contribution is 2.43. The third kappa shape index (κ3) is 27.9. The Morgan fingerprint density at radius 3 is 1.48 bits per heavy atom. The number of quaternary nitrogens is 1. The van der Waals surface area contributed by atoms with E-state index in [0.717, 1.165) is 12.8 Å². The van der Waals surface area contributed by atoms with E-state index in [1.165, 1.54) is 103 Å². The van der Waals surface area contributed by atoms with E-state index in [0.29, 0.717) is 17.6 Å². The molecule has 198 valence electrons. The van der Waals surface area contributed by atoms with Crippen molar-refractivity contribution in [2.45, 2.75) is 122 Å². The summed E-state index contributed by atoms with van der Waals surface area (Å²) in [6.07, 6.45) is 27.9. The van der Waals surface area contributed by atoms with Crippen molar-refractivity contribution < 1.29 is 23.0 Å². The topological polar surface area (TPSA) is 55.8 Å². The lowest BCUT2D eigenvalue weighted by Crippen LogP contribution is -2.37. The molecular weight excluding hydrogens is 433 g/mol. The maximum atomic E-state index is 11.8. The zero-order chi connectivity index (χ0) is 24.7. The molecule has 0 radical (unpaired) electrons. The highest BCUT2D eigenvalue weighted by atomic mass is 31.2. The Morgan fingerprint density at radius 2 is 1.03 bits per heavy atom. The number of nitrogens with zero attached hydrogens (tertiary/aromatic N) is 1. The standard InChI is InChI=1S/C27H56NO4P/c1-5-6-7-8-9-10-11-12-13-14-15-16-17-18-19-20-21-22-23-24-26-31-33(29,30)32-27-25-28(2,3)4/h12-13H,5-11,14-27H2,1-4H3/p+1/b13-12+. The number of hydrogen-bond donors (Lipinski definition) is 1. The smallest absolute Gasteiger partial charge is 0.329 e. The fourth-order valence-corrected chi connectivity index (χ4v) is 4.45. The molecule has 0 aliphatic heterocycles. The predicted octanol–water partition coefficient (Wildman–Crippen LogP) is 8.42. The average molecular weight is 491 g/mol. The zero-order valence-electron chi connectivity index (χ0n) is 22.6. The lowest BCUT2D eigenvalue weighted by molar-refractivity contribution is -0.870. The Kier molecular flexibility index (Phi) is 22.2. The molecule has 33 heavy (non-hydrogen) atoms. The summed E-state index contributed by atoms with van der Waals surface area (Å²) in [4.78, 5) is 9.67. The number of phosphoric ester groups is 1. The first-order chi connectivity index (χ1) is 15.8. The molecule has 0 saturated heterocycles. The van der Waals surface area contributed by atoms with Gasteiger partial charge in [0.15, 0.2) is 0 Å². The number of likely N-dealkylation sites (N-methyl/N-ethyl adjacent to an activating group) is 1. The first kappa shape index (κ1) is 32.8. The Labute approximate surface area is 206 Å². The van der Waals surface area contributed by atoms with Crippen LogP contribution in [0.1, 0.15) is 122 Å². The highest BCUT2D eigenvalue weighted by molar-refractivity contribution is 7.47. The highest BCUT2D eigenvalue weighted by Gasteiger charge is 2.21. The number of phosphoric acid groups is 1. The molecule has 0 aromatic rings. The lowest BCUT2D eigenvalue weighted by atomic mass is 10.1. The second-order valence-corrected chi connectivity index (χ2v) is 12.0. The van der Waals surface area contributed by atoms with E-state index in [4.69, 9.17) is 9.05 Å². The molecule has 0 rings (SSSR count). The summed E-state index contributed by atoms with van der Waals surface area (Å²) in [6, 6.07) is 0. The largest absolute Gasteiger partial charge is 0.472 e. The summed E-state index contributed by atoms with van der Waals surface area (Å²) in [5.74, 6) is 0. The molecule has 0 amide bonds. The minimum atomic E-state index is -3.89. The summed E-state index contributed by atoms with van der Waals surface area (Å²) in [5, 5.41) is 0. The number of hydrogen-bond acceptors (Lipinski definition) is 3. The van der Waals surface area contributed by atoms with E-state index in [2.05, 4.69) is 19.1 Å². The van der Waals surface area contributed by atoms with Crippen molar-refractivity contribution in [3.05, 3.63) is 12.2 Å². The van der Waals surface area contributed by atoms with Crippen LogP contribution in [0.4, 0.5) is 0 Å². The molecule has 1 atom stereocenters. The van der Waals surface area contributed by atoms with Crippen molar-refractivity contribution >= 4 is 7.82 Å². The zero-order valence-corrected chi connectivity index (χ0v) is 23.5. The SMILES string of the molecule is CCCCCCCC/C=C/CCCCCCCCCCCCOP(=O)(O)OCC[N+](C)(C)C. The van der Waals surface area contributed by atoms with Gasteiger partial charge in [0.05, 0.1) is 27.7 Å². The Hall–Kier alpha value is -0.190. The summed E-state index contributed by atoms with van der Waals surface area (Å²) >= 11 is 0. The summed E-state index contributed by atoms with van der Waals surface area (Å²) in [6.45, 7) is 3.47. The molecule has 0 fully saturated rings. The monoisotopic (exact) mass is 490 g/mol. The van der Waals surface area contributed by atoms with Crippen LogP contribution in [-0.2, 0) is 13.6 Å². The van der Waals surface area contributed by atoms with Gasteiger partial charge in [0, 0.05) is 0 Å². The summed E-state index contributed by atoms with van der Waals surface area (Å²) in [7, 11) is 2.16. The quantitative estimate of drug-likeness (QED) is 0.0604. The van der Waals surface area contributed by atoms with Gasteiger partial charge in [-0.05, 0) is 32.1 Å². The summed E-state index contributed by atoms with van der Waals surface area (Å²) < 4.78 is 22.6. The normalized spacial score (nSPS) is 14.2. The first-order valence-electron chi connectivity index (χ1n) is 13.8. The maximum absolute atomic E-state index is 11.8. The van der Waals surface area contributed by atoms with Crippen LogP contribution >= 0.6 is 7.82 Å². The molecule has 5 nitrogen and oxygen atoms in total. The molecule has 0 spiro atoms. The third-order valence-electron chi connectivity index (χ3n) is 5.93. The Balaban J connectivity index is 3.29. The van der Waals surface area contributed by atoms with E-state index in [1.54, 1.807) is 0 Å². The van der Waals surface area contributed by atoms with Gasteiger partial charge in [-0.2, -0.15) is 0 Å². The van der Waals surface area contributed by atoms with E-state index in [1.807, 2.05) is 21.1 Å². The molecule has 0 saturated carbocycles. The minimum absolute atomic E-state index is 0.229. The lowest BCUT2D eigenvalue weighted by Gasteiger charge is -2.24. The molecule has 0 aliphatic rings. The van der Waals surface area contributed by atoms with Gasteiger partial charge in [-0.15, -0.1) is 0 Å². The second kappa shape index (κ2) is 22.3. The van der Waals surface area contributed by atoms with Crippen molar-refractivity contribution in [2.24, 2.45) is 0 Å². The van der Waals surface area contributed by atoms with Gasteiger partial charge in [0.25, 0.3) is 0 Å². The van der Waals surface area contributed by atoms with Crippen molar-refractivity contribution in [3.63, 3.8) is 0 Å². The van der Waals surface area contributed by atoms with Crippen LogP contribution in [0.3, 0.4) is 0 Å². The maximum Gasteiger partial charge on any atom is 0.472 e. The van der Waals surface area contributed by atoms with Crippen molar-refractivity contribution in [1.29, 1.82) is 0 Å². The number of rotatable bonds is 25. The van der Waals surface area contributed by atoms with Gasteiger partial charge >= 0.3 is 7.82 Å². The average Bonchev–Trinajstić information content (AvgIpc) is 2.73. The van der Waals surface area contributed by atoms with E-state index < -0.39 is 7.82 Å². The van der Waals surface area contributed by atoms with Crippen LogP contribution < -0.4 is 0 Å². The van der Waals surface area contributed by atoms with Crippen LogP contribution in [0.5, 0.6) is 0 Å². The fourth-order valence-electron chi connectivity index (χ4n) is 3.70. The van der Waals surface area contributed by atoms with Crippen LogP contribution in [0.25, 0.3) is 0 Å². The predicted molar refractivity (Wildman–Crippen MR) is 143 cm³/mol. The van der Waals surface area contributed by atoms with Crippen LogP contribution in [-0.4, -0.2) is 50.3 Å². The molecular formula is C27H57NO4P+. The van der Waals surface area contributed by atoms with Gasteiger partial charge in [-0.3, -0.25) is 9.05 Å². The van der Waals surface area contributed by atoms with Gasteiger partial charge in [-0.1, -0.05) is 103 Å². The van der Waals surface area contributed by atoms with Crippen molar-refractivity contribution in [1.82, 2.24) is 0 Å². The molecule has 0 heterocycles. The molecule has 0 aromatic carbocycles. The molecule has 6 heteroatoms. The molecule has 1 unspecified atom stereocenters. The minimum Gasteiger partial charge on any atom is -0.329 e. The first-order valence-corrected chi connectivity index (χ1v) is 15.3. The van der Waals surface area contributed by atoms with Crippen LogP contribution in [0.15, 0.2) is 12.2 Å². The van der Waals surface area contributed by atoms with Gasteiger partial charge < -0.3 is 9.38 Å². The number of unbranched alkanes of at least 4 members (excludes halogenated alkanes) is 16. The Bertz CT molecular complexity index is 491. The molecule has 1 N–H and O–H groups in total.